The summed E-state index contributed by atoms with van der Waals surface area (Å²) in [6.45, 7) is 1.86. The van der Waals surface area contributed by atoms with Crippen molar-refractivity contribution in [3.8, 4) is 5.82 Å². The zero-order chi connectivity index (χ0) is 17.2. The van der Waals surface area contributed by atoms with E-state index < -0.39 is 0 Å². The van der Waals surface area contributed by atoms with E-state index in [-0.39, 0.29) is 5.91 Å². The van der Waals surface area contributed by atoms with Gasteiger partial charge in [0.2, 0.25) is 0 Å². The van der Waals surface area contributed by atoms with Crippen LogP contribution in [0.5, 0.6) is 0 Å². The number of carbonyl (C=O) groups excluding carboxylic acids is 1. The molecule has 3 heterocycles. The maximum absolute atomic E-state index is 12.4. The minimum absolute atomic E-state index is 0.262. The van der Waals surface area contributed by atoms with E-state index in [1.54, 1.807) is 35.3 Å². The summed E-state index contributed by atoms with van der Waals surface area (Å²) >= 11 is 0. The van der Waals surface area contributed by atoms with Crippen LogP contribution in [0.2, 0.25) is 0 Å². The highest BCUT2D eigenvalue weighted by Crippen LogP contribution is 2.23. The maximum atomic E-state index is 12.4. The maximum Gasteiger partial charge on any atom is 0.258 e. The molecular weight excluding hydrogens is 316 g/mol. The van der Waals surface area contributed by atoms with Gasteiger partial charge in [0.15, 0.2) is 5.82 Å². The molecule has 7 nitrogen and oxygen atoms in total. The Morgan fingerprint density at radius 1 is 1.12 bits per heavy atom. The lowest BCUT2D eigenvalue weighted by atomic mass is 10.2. The number of pyridine rings is 1. The predicted molar refractivity (Wildman–Crippen MR) is 93.6 cm³/mol. The molecule has 0 aliphatic heterocycles. The summed E-state index contributed by atoms with van der Waals surface area (Å²) in [5.74, 6) is 0.826. The van der Waals surface area contributed by atoms with Crippen molar-refractivity contribution in [2.75, 3.05) is 5.32 Å². The molecular formula is C18H14N6O. The topological polar surface area (TPSA) is 85.6 Å². The van der Waals surface area contributed by atoms with Crippen LogP contribution in [0.15, 0.2) is 61.1 Å². The standard InChI is InChI=1S/C18H14N6O/c1-12-9-16(21-18(25)14-6-4-8-19-10-14)24(23-12)17-15-7-3-2-5-13(15)11-20-22-17/h2-11H,1H3,(H,21,25). The average molecular weight is 330 g/mol. The number of rotatable bonds is 3. The predicted octanol–water partition coefficient (Wildman–Crippen LogP) is 2.77. The Balaban J connectivity index is 1.78. The van der Waals surface area contributed by atoms with Crippen molar-refractivity contribution in [2.24, 2.45) is 0 Å². The molecule has 7 heteroatoms. The molecule has 0 atom stereocenters. The number of anilines is 1. The number of nitrogens with one attached hydrogen (secondary N) is 1. The molecule has 1 N–H and O–H groups in total. The van der Waals surface area contributed by atoms with Gasteiger partial charge in [0.25, 0.3) is 5.91 Å². The summed E-state index contributed by atoms with van der Waals surface area (Å²) < 4.78 is 1.60. The van der Waals surface area contributed by atoms with E-state index in [0.29, 0.717) is 17.2 Å². The molecule has 0 spiro atoms. The Hall–Kier alpha value is -3.61. The highest BCUT2D eigenvalue weighted by atomic mass is 16.1. The van der Waals surface area contributed by atoms with Gasteiger partial charge in [-0.05, 0) is 19.1 Å². The molecule has 1 aromatic carbocycles. The third-order valence-electron chi connectivity index (χ3n) is 3.75. The molecule has 0 saturated carbocycles. The third-order valence-corrected chi connectivity index (χ3v) is 3.75. The minimum atomic E-state index is -0.262. The molecule has 0 radical (unpaired) electrons. The SMILES string of the molecule is Cc1cc(NC(=O)c2cccnc2)n(-c2nncc3ccccc23)n1. The van der Waals surface area contributed by atoms with Crippen molar-refractivity contribution in [1.82, 2.24) is 25.0 Å². The van der Waals surface area contributed by atoms with Crippen molar-refractivity contribution in [2.45, 2.75) is 6.92 Å². The summed E-state index contributed by atoms with van der Waals surface area (Å²) in [6.07, 6.45) is 4.83. The third kappa shape index (κ3) is 2.83. The van der Waals surface area contributed by atoms with E-state index in [2.05, 4.69) is 25.6 Å². The quantitative estimate of drug-likeness (QED) is 0.624. The molecule has 0 aliphatic carbocycles. The molecule has 4 rings (SSSR count). The van der Waals surface area contributed by atoms with Crippen LogP contribution >= 0.6 is 0 Å². The van der Waals surface area contributed by atoms with E-state index in [1.807, 2.05) is 31.2 Å². The second kappa shape index (κ2) is 6.12. The molecule has 0 fully saturated rings. The van der Waals surface area contributed by atoms with Gasteiger partial charge >= 0.3 is 0 Å². The fourth-order valence-electron chi connectivity index (χ4n) is 2.60. The first-order chi connectivity index (χ1) is 12.2. The number of amides is 1. The fraction of sp³-hybridized carbons (Fsp3) is 0.0556. The number of hydrogen-bond donors (Lipinski definition) is 1. The number of benzene rings is 1. The monoisotopic (exact) mass is 330 g/mol. The summed E-state index contributed by atoms with van der Waals surface area (Å²) in [7, 11) is 0. The number of nitrogens with zero attached hydrogens (tertiary/aromatic N) is 5. The van der Waals surface area contributed by atoms with Gasteiger partial charge in [0, 0.05) is 29.2 Å². The van der Waals surface area contributed by atoms with Crippen LogP contribution in [0.4, 0.5) is 5.82 Å². The molecule has 0 aliphatic rings. The number of aryl methyl sites for hydroxylation is 1. The van der Waals surface area contributed by atoms with Crippen LogP contribution in [0.1, 0.15) is 16.1 Å². The van der Waals surface area contributed by atoms with Crippen LogP contribution in [0.3, 0.4) is 0 Å². The summed E-state index contributed by atoms with van der Waals surface area (Å²) in [4.78, 5) is 16.4. The van der Waals surface area contributed by atoms with Gasteiger partial charge < -0.3 is 5.32 Å². The molecule has 122 valence electrons. The van der Waals surface area contributed by atoms with Gasteiger partial charge in [-0.2, -0.15) is 14.9 Å². The Bertz CT molecular complexity index is 1050. The number of carbonyl (C=O) groups is 1. The second-order valence-electron chi connectivity index (χ2n) is 5.53. The van der Waals surface area contributed by atoms with Gasteiger partial charge in [-0.25, -0.2) is 0 Å². The smallest absolute Gasteiger partial charge is 0.258 e. The lowest BCUT2D eigenvalue weighted by Gasteiger charge is -2.09. The number of hydrogen-bond acceptors (Lipinski definition) is 5. The lowest BCUT2D eigenvalue weighted by Crippen LogP contribution is -2.16. The van der Waals surface area contributed by atoms with Gasteiger partial charge in [-0.3, -0.25) is 9.78 Å². The zero-order valence-corrected chi connectivity index (χ0v) is 13.4. The molecule has 0 saturated heterocycles. The second-order valence-corrected chi connectivity index (χ2v) is 5.53. The fourth-order valence-corrected chi connectivity index (χ4v) is 2.60. The summed E-state index contributed by atoms with van der Waals surface area (Å²) in [5.41, 5.74) is 1.23. The minimum Gasteiger partial charge on any atom is -0.306 e. The van der Waals surface area contributed by atoms with Gasteiger partial charge in [0.1, 0.15) is 5.82 Å². The Kier molecular flexibility index (Phi) is 3.66. The lowest BCUT2D eigenvalue weighted by molar-refractivity contribution is 0.102. The normalized spacial score (nSPS) is 10.8. The highest BCUT2D eigenvalue weighted by Gasteiger charge is 2.15. The number of aromatic nitrogens is 5. The largest absolute Gasteiger partial charge is 0.306 e. The molecule has 1 amide bonds. The van der Waals surface area contributed by atoms with Crippen LogP contribution in [0, 0.1) is 6.92 Å². The number of fused-ring (bicyclic) bond motifs is 1. The molecule has 25 heavy (non-hydrogen) atoms. The Morgan fingerprint density at radius 2 is 2.00 bits per heavy atom. The summed E-state index contributed by atoms with van der Waals surface area (Å²) in [6, 6.07) is 13.0. The van der Waals surface area contributed by atoms with Gasteiger partial charge in [-0.15, -0.1) is 5.10 Å². The molecule has 3 aromatic heterocycles. The molecule has 4 aromatic rings. The van der Waals surface area contributed by atoms with Crippen LogP contribution < -0.4 is 5.32 Å². The van der Waals surface area contributed by atoms with Crippen molar-refractivity contribution in [3.63, 3.8) is 0 Å². The summed E-state index contributed by atoms with van der Waals surface area (Å²) in [5, 5.41) is 17.4. The highest BCUT2D eigenvalue weighted by molar-refractivity contribution is 6.03. The van der Waals surface area contributed by atoms with E-state index in [9.17, 15) is 4.79 Å². The van der Waals surface area contributed by atoms with Crippen LogP contribution in [0.25, 0.3) is 16.6 Å². The van der Waals surface area contributed by atoms with Crippen molar-refractivity contribution in [3.05, 3.63) is 72.3 Å². The van der Waals surface area contributed by atoms with Gasteiger partial charge in [-0.1, -0.05) is 24.3 Å². The Morgan fingerprint density at radius 3 is 2.84 bits per heavy atom. The molecule has 0 bridgehead atoms. The van der Waals surface area contributed by atoms with Crippen molar-refractivity contribution in [1.29, 1.82) is 0 Å². The average Bonchev–Trinajstić information content (AvgIpc) is 3.02. The van der Waals surface area contributed by atoms with Crippen molar-refractivity contribution >= 4 is 22.5 Å². The van der Waals surface area contributed by atoms with E-state index in [4.69, 9.17) is 0 Å². The Labute approximate surface area is 143 Å². The van der Waals surface area contributed by atoms with E-state index in [0.717, 1.165) is 16.5 Å². The van der Waals surface area contributed by atoms with Gasteiger partial charge in [0.05, 0.1) is 17.5 Å². The van der Waals surface area contributed by atoms with Crippen molar-refractivity contribution < 1.29 is 4.79 Å². The zero-order valence-electron chi connectivity index (χ0n) is 13.4. The molecule has 0 unspecified atom stereocenters. The first-order valence-electron chi connectivity index (χ1n) is 7.71. The van der Waals surface area contributed by atoms with E-state index >= 15 is 0 Å². The van der Waals surface area contributed by atoms with E-state index in [1.165, 1.54) is 6.20 Å². The first kappa shape index (κ1) is 14.9. The van der Waals surface area contributed by atoms with Crippen LogP contribution in [-0.4, -0.2) is 30.9 Å². The van der Waals surface area contributed by atoms with Crippen LogP contribution in [-0.2, 0) is 0 Å². The first-order valence-corrected chi connectivity index (χ1v) is 7.71.